The molecule has 1 N–H and O–H groups in total. The molecule has 0 bridgehead atoms. The predicted molar refractivity (Wildman–Crippen MR) is 78.3 cm³/mol. The largest absolute Gasteiger partial charge is 0.417 e. The maximum absolute atomic E-state index is 13.2. The quantitative estimate of drug-likeness (QED) is 0.893. The van der Waals surface area contributed by atoms with Crippen LogP contribution in [0.5, 0.6) is 0 Å². The first-order valence-corrected chi connectivity index (χ1v) is 7.26. The summed E-state index contributed by atoms with van der Waals surface area (Å²) in [6.07, 6.45) is -1.74. The number of thiazole rings is 1. The van der Waals surface area contributed by atoms with Crippen LogP contribution >= 0.6 is 11.3 Å². The van der Waals surface area contributed by atoms with E-state index in [0.29, 0.717) is 11.6 Å². The zero-order valence-corrected chi connectivity index (χ0v) is 12.8. The van der Waals surface area contributed by atoms with Gasteiger partial charge < -0.3 is 5.32 Å². The van der Waals surface area contributed by atoms with E-state index in [0.717, 1.165) is 17.4 Å². The highest BCUT2D eigenvalue weighted by atomic mass is 32.1. The van der Waals surface area contributed by atoms with Crippen LogP contribution in [-0.2, 0) is 6.18 Å². The molecule has 0 radical (unpaired) electrons. The van der Waals surface area contributed by atoms with Crippen LogP contribution in [0.2, 0.25) is 0 Å². The molecular weight excluding hydrogens is 299 g/mol. The Morgan fingerprint density at radius 1 is 1.19 bits per heavy atom. The average molecular weight is 315 g/mol. The van der Waals surface area contributed by atoms with Crippen LogP contribution in [0.1, 0.15) is 26.3 Å². The van der Waals surface area contributed by atoms with Gasteiger partial charge in [-0.25, -0.2) is 9.97 Å². The van der Waals surface area contributed by atoms with Crippen LogP contribution in [0.4, 0.5) is 19.0 Å². The van der Waals surface area contributed by atoms with Gasteiger partial charge in [-0.2, -0.15) is 13.2 Å². The summed E-state index contributed by atoms with van der Waals surface area (Å²) in [5.41, 5.74) is -0.753. The first-order valence-electron chi connectivity index (χ1n) is 6.38. The SMILES string of the molecule is CC(C)(C)CNc1cc(C(F)(F)F)c(-c2nccs2)cn1. The molecule has 0 unspecified atom stereocenters. The third-order valence-corrected chi connectivity index (χ3v) is 3.48. The standard InChI is InChI=1S/C14H16F3N3S/c1-13(2,3)8-20-11-6-10(14(15,16)17)9(7-19-11)12-18-4-5-21-12/h4-7H,8H2,1-3H3,(H,19,20). The Morgan fingerprint density at radius 3 is 2.43 bits per heavy atom. The van der Waals surface area contributed by atoms with Crippen molar-refractivity contribution in [3.8, 4) is 10.6 Å². The number of pyridine rings is 1. The zero-order chi connectivity index (χ0) is 15.7. The second-order valence-corrected chi connectivity index (χ2v) is 6.76. The van der Waals surface area contributed by atoms with Crippen LogP contribution in [0.25, 0.3) is 10.6 Å². The molecule has 0 atom stereocenters. The minimum absolute atomic E-state index is 0.0128. The zero-order valence-electron chi connectivity index (χ0n) is 12.0. The van der Waals surface area contributed by atoms with Crippen molar-refractivity contribution in [1.29, 1.82) is 0 Å². The van der Waals surface area contributed by atoms with Crippen molar-refractivity contribution in [1.82, 2.24) is 9.97 Å². The first kappa shape index (κ1) is 15.8. The van der Waals surface area contributed by atoms with Gasteiger partial charge in [0, 0.05) is 29.9 Å². The average Bonchev–Trinajstić information content (AvgIpc) is 2.88. The van der Waals surface area contributed by atoms with E-state index in [9.17, 15) is 13.2 Å². The molecule has 0 aliphatic heterocycles. The number of hydrogen-bond acceptors (Lipinski definition) is 4. The number of aromatic nitrogens is 2. The van der Waals surface area contributed by atoms with Crippen LogP contribution in [0.15, 0.2) is 23.8 Å². The molecule has 7 heteroatoms. The smallest absolute Gasteiger partial charge is 0.370 e. The van der Waals surface area contributed by atoms with Crippen molar-refractivity contribution >= 4 is 17.2 Å². The molecule has 2 heterocycles. The van der Waals surface area contributed by atoms with E-state index < -0.39 is 11.7 Å². The lowest BCUT2D eigenvalue weighted by molar-refractivity contribution is -0.137. The van der Waals surface area contributed by atoms with Crippen molar-refractivity contribution in [2.45, 2.75) is 26.9 Å². The first-order chi connectivity index (χ1) is 9.67. The maximum Gasteiger partial charge on any atom is 0.417 e. The monoisotopic (exact) mass is 315 g/mol. The van der Waals surface area contributed by atoms with E-state index in [1.54, 1.807) is 5.38 Å². The summed E-state index contributed by atoms with van der Waals surface area (Å²) in [4.78, 5) is 8.00. The number of nitrogens with zero attached hydrogens (tertiary/aromatic N) is 2. The second kappa shape index (κ2) is 5.63. The van der Waals surface area contributed by atoms with Gasteiger partial charge in [-0.05, 0) is 11.5 Å². The maximum atomic E-state index is 13.2. The third-order valence-electron chi connectivity index (χ3n) is 2.67. The van der Waals surface area contributed by atoms with Crippen molar-refractivity contribution in [3.05, 3.63) is 29.4 Å². The van der Waals surface area contributed by atoms with E-state index in [-0.39, 0.29) is 16.8 Å². The summed E-state index contributed by atoms with van der Waals surface area (Å²) in [6.45, 7) is 6.52. The van der Waals surface area contributed by atoms with Gasteiger partial charge in [0.15, 0.2) is 0 Å². The van der Waals surface area contributed by atoms with Crippen molar-refractivity contribution < 1.29 is 13.2 Å². The highest BCUT2D eigenvalue weighted by molar-refractivity contribution is 7.13. The Labute approximate surface area is 125 Å². The molecule has 0 saturated heterocycles. The molecule has 2 aromatic heterocycles. The minimum Gasteiger partial charge on any atom is -0.370 e. The van der Waals surface area contributed by atoms with Gasteiger partial charge in [-0.1, -0.05) is 20.8 Å². The highest BCUT2D eigenvalue weighted by Gasteiger charge is 2.35. The Morgan fingerprint density at radius 2 is 1.90 bits per heavy atom. The summed E-state index contributed by atoms with van der Waals surface area (Å²) in [7, 11) is 0. The van der Waals surface area contributed by atoms with Crippen LogP contribution < -0.4 is 5.32 Å². The number of hydrogen-bond donors (Lipinski definition) is 1. The van der Waals surface area contributed by atoms with Gasteiger partial charge in [-0.3, -0.25) is 0 Å². The molecule has 114 valence electrons. The fourth-order valence-electron chi connectivity index (χ4n) is 1.67. The number of rotatable bonds is 3. The minimum atomic E-state index is -4.44. The molecule has 0 fully saturated rings. The van der Waals surface area contributed by atoms with Crippen molar-refractivity contribution in [2.75, 3.05) is 11.9 Å². The highest BCUT2D eigenvalue weighted by Crippen LogP contribution is 2.38. The summed E-state index contributed by atoms with van der Waals surface area (Å²) in [5, 5.41) is 4.90. The van der Waals surface area contributed by atoms with Gasteiger partial charge in [0.05, 0.1) is 5.56 Å². The van der Waals surface area contributed by atoms with E-state index in [1.807, 2.05) is 20.8 Å². The van der Waals surface area contributed by atoms with Gasteiger partial charge in [-0.15, -0.1) is 11.3 Å². The van der Waals surface area contributed by atoms with Crippen LogP contribution in [0.3, 0.4) is 0 Å². The molecule has 0 saturated carbocycles. The van der Waals surface area contributed by atoms with E-state index >= 15 is 0 Å². The fraction of sp³-hybridized carbons (Fsp3) is 0.429. The molecule has 2 aromatic rings. The number of halogens is 3. The summed E-state index contributed by atoms with van der Waals surface area (Å²) in [6, 6.07) is 1.04. The fourth-order valence-corrected chi connectivity index (χ4v) is 2.33. The Hall–Kier alpha value is -1.63. The van der Waals surface area contributed by atoms with Gasteiger partial charge in [0.2, 0.25) is 0 Å². The second-order valence-electron chi connectivity index (χ2n) is 5.86. The molecule has 0 aliphatic carbocycles. The molecule has 0 aliphatic rings. The number of alkyl halides is 3. The third kappa shape index (κ3) is 4.17. The molecule has 3 nitrogen and oxygen atoms in total. The number of nitrogens with one attached hydrogen (secondary N) is 1. The molecule has 2 rings (SSSR count). The lowest BCUT2D eigenvalue weighted by Gasteiger charge is -2.20. The Bertz CT molecular complexity index is 601. The van der Waals surface area contributed by atoms with Crippen LogP contribution in [0, 0.1) is 5.41 Å². The van der Waals surface area contributed by atoms with E-state index in [2.05, 4.69) is 15.3 Å². The van der Waals surface area contributed by atoms with E-state index in [4.69, 9.17) is 0 Å². The van der Waals surface area contributed by atoms with E-state index in [1.165, 1.54) is 12.4 Å². The van der Waals surface area contributed by atoms with Crippen molar-refractivity contribution in [2.24, 2.45) is 5.41 Å². The van der Waals surface area contributed by atoms with Gasteiger partial charge in [0.1, 0.15) is 10.8 Å². The number of anilines is 1. The molecular formula is C14H16F3N3S. The summed E-state index contributed by atoms with van der Waals surface area (Å²) >= 11 is 1.16. The molecule has 21 heavy (non-hydrogen) atoms. The van der Waals surface area contributed by atoms with Gasteiger partial charge in [0.25, 0.3) is 0 Å². The Kier molecular flexibility index (Phi) is 4.22. The normalized spacial score (nSPS) is 12.5. The molecule has 0 spiro atoms. The summed E-state index contributed by atoms with van der Waals surface area (Å²) < 4.78 is 39.6. The Balaban J connectivity index is 2.37. The molecule has 0 aromatic carbocycles. The van der Waals surface area contributed by atoms with Crippen molar-refractivity contribution in [3.63, 3.8) is 0 Å². The molecule has 0 amide bonds. The topological polar surface area (TPSA) is 37.8 Å². The van der Waals surface area contributed by atoms with Gasteiger partial charge >= 0.3 is 6.18 Å². The lowest BCUT2D eigenvalue weighted by atomic mass is 9.97. The summed E-state index contributed by atoms with van der Waals surface area (Å²) in [5.74, 6) is 0.220. The lowest BCUT2D eigenvalue weighted by Crippen LogP contribution is -2.20. The predicted octanol–water partition coefficient (Wildman–Crippen LogP) is 4.68. The van der Waals surface area contributed by atoms with Crippen LogP contribution in [-0.4, -0.2) is 16.5 Å².